The summed E-state index contributed by atoms with van der Waals surface area (Å²) in [6.45, 7) is 6.25. The summed E-state index contributed by atoms with van der Waals surface area (Å²) in [7, 11) is -4.64. The van der Waals surface area contributed by atoms with Gasteiger partial charge in [0.2, 0.25) is 0 Å². The molecule has 1 aliphatic rings. The van der Waals surface area contributed by atoms with Crippen molar-refractivity contribution in [3.8, 4) is 0 Å². The predicted molar refractivity (Wildman–Crippen MR) is 41.0 cm³/mol. The third kappa shape index (κ3) is 17.8. The Kier molecular flexibility index (Phi) is 4.88. The summed E-state index contributed by atoms with van der Waals surface area (Å²) in [5.74, 6) is 0. The fourth-order valence-corrected chi connectivity index (χ4v) is 0.611. The fourth-order valence-electron chi connectivity index (χ4n) is 0.611. The topological polar surface area (TPSA) is 80.8 Å². The summed E-state index contributed by atoms with van der Waals surface area (Å²) in [5.41, 5.74) is 0. The number of hydrogen-bond donors (Lipinski definition) is 3. The Morgan fingerprint density at radius 2 is 1.73 bits per heavy atom. The quantitative estimate of drug-likeness (QED) is 0.407. The molecule has 3 N–H and O–H groups in total. The lowest BCUT2D eigenvalue weighted by Crippen LogP contribution is -1.94. The molecule has 6 heteroatoms. The summed E-state index contributed by atoms with van der Waals surface area (Å²) >= 11 is 0. The fraction of sp³-hybridized carbons (Fsp3) is 1.00. The summed E-state index contributed by atoms with van der Waals surface area (Å²) in [6.07, 6.45) is 1.32. The van der Waals surface area contributed by atoms with Gasteiger partial charge in [0, 0.05) is 13.1 Å². The Hall–Kier alpha value is 0.0700. The molecule has 0 aromatic rings. The Balaban J connectivity index is 0.000000187. The van der Waals surface area contributed by atoms with Crippen molar-refractivity contribution >= 4 is 7.82 Å². The van der Waals surface area contributed by atoms with Crippen LogP contribution in [0.3, 0.4) is 0 Å². The van der Waals surface area contributed by atoms with E-state index in [1.54, 1.807) is 0 Å². The standard InChI is InChI=1S/C5H11N.H3O4P/c1-2-3-6-4-5-6;1-5(2,3)4/h2-5H2,1H3;(H3,1,2,3,4). The van der Waals surface area contributed by atoms with Crippen molar-refractivity contribution < 1.29 is 19.2 Å². The van der Waals surface area contributed by atoms with E-state index in [0.29, 0.717) is 0 Å². The van der Waals surface area contributed by atoms with Gasteiger partial charge in [0.1, 0.15) is 0 Å². The second kappa shape index (κ2) is 4.85. The van der Waals surface area contributed by atoms with Gasteiger partial charge in [-0.1, -0.05) is 6.92 Å². The molecule has 1 fully saturated rings. The molecule has 0 aliphatic carbocycles. The largest absolute Gasteiger partial charge is 0.466 e. The van der Waals surface area contributed by atoms with Crippen LogP contribution in [0.1, 0.15) is 13.3 Å². The zero-order valence-corrected chi connectivity index (χ0v) is 7.37. The van der Waals surface area contributed by atoms with Crippen LogP contribution in [-0.2, 0) is 4.57 Å². The third-order valence-electron chi connectivity index (χ3n) is 1.08. The molecule has 0 spiro atoms. The SMILES string of the molecule is CCCN1CC1.O=P(O)(O)O. The Labute approximate surface area is 65.9 Å². The van der Waals surface area contributed by atoms with Crippen molar-refractivity contribution in [2.24, 2.45) is 0 Å². The molecule has 0 atom stereocenters. The van der Waals surface area contributed by atoms with E-state index in [1.807, 2.05) is 0 Å². The Morgan fingerprint density at radius 1 is 1.36 bits per heavy atom. The van der Waals surface area contributed by atoms with E-state index in [0.717, 1.165) is 0 Å². The van der Waals surface area contributed by atoms with Crippen molar-refractivity contribution in [1.82, 2.24) is 4.90 Å². The van der Waals surface area contributed by atoms with E-state index in [2.05, 4.69) is 11.8 Å². The van der Waals surface area contributed by atoms with Gasteiger partial charge < -0.3 is 19.6 Å². The molecule has 1 rings (SSSR count). The van der Waals surface area contributed by atoms with Gasteiger partial charge in [-0.3, -0.25) is 0 Å². The molecule has 1 aliphatic heterocycles. The first kappa shape index (κ1) is 11.1. The molecular formula is C5H14NO4P. The van der Waals surface area contributed by atoms with E-state index in [4.69, 9.17) is 19.2 Å². The molecule has 0 aromatic carbocycles. The van der Waals surface area contributed by atoms with Gasteiger partial charge in [0.25, 0.3) is 0 Å². The van der Waals surface area contributed by atoms with Gasteiger partial charge in [0.05, 0.1) is 0 Å². The number of phosphoric acid groups is 1. The van der Waals surface area contributed by atoms with Crippen molar-refractivity contribution in [3.63, 3.8) is 0 Å². The summed E-state index contributed by atoms with van der Waals surface area (Å²) in [4.78, 5) is 24.0. The molecule has 11 heavy (non-hydrogen) atoms. The van der Waals surface area contributed by atoms with Crippen LogP contribution in [0.2, 0.25) is 0 Å². The van der Waals surface area contributed by atoms with Crippen LogP contribution in [0.5, 0.6) is 0 Å². The van der Waals surface area contributed by atoms with Crippen molar-refractivity contribution in [3.05, 3.63) is 0 Å². The lowest BCUT2D eigenvalue weighted by molar-refractivity contribution is 0.275. The maximum Gasteiger partial charge on any atom is 0.466 e. The highest BCUT2D eigenvalue weighted by atomic mass is 31.2. The zero-order chi connectivity index (χ0) is 8.91. The first-order chi connectivity index (χ1) is 4.93. The minimum absolute atomic E-state index is 1.32. The first-order valence-electron chi connectivity index (χ1n) is 3.44. The number of hydrogen-bond acceptors (Lipinski definition) is 2. The number of rotatable bonds is 2. The lowest BCUT2D eigenvalue weighted by atomic mass is 10.5. The van der Waals surface area contributed by atoms with Crippen LogP contribution < -0.4 is 0 Å². The monoisotopic (exact) mass is 183 g/mol. The molecular weight excluding hydrogens is 169 g/mol. The maximum absolute atomic E-state index is 8.88. The molecule has 1 heterocycles. The molecule has 0 amide bonds. The van der Waals surface area contributed by atoms with Crippen molar-refractivity contribution in [2.75, 3.05) is 19.6 Å². The Bertz CT molecular complexity index is 133. The molecule has 0 aromatic heterocycles. The van der Waals surface area contributed by atoms with Crippen LogP contribution in [0.25, 0.3) is 0 Å². The summed E-state index contributed by atoms with van der Waals surface area (Å²) in [6, 6.07) is 0. The van der Waals surface area contributed by atoms with Gasteiger partial charge >= 0.3 is 7.82 Å². The van der Waals surface area contributed by atoms with Gasteiger partial charge in [-0.25, -0.2) is 4.57 Å². The molecule has 68 valence electrons. The second-order valence-electron chi connectivity index (χ2n) is 2.35. The third-order valence-corrected chi connectivity index (χ3v) is 1.08. The molecule has 1 saturated heterocycles. The molecule has 0 bridgehead atoms. The van der Waals surface area contributed by atoms with Crippen LogP contribution in [0, 0.1) is 0 Å². The van der Waals surface area contributed by atoms with Crippen molar-refractivity contribution in [1.29, 1.82) is 0 Å². The van der Waals surface area contributed by atoms with Crippen molar-refractivity contribution in [2.45, 2.75) is 13.3 Å². The first-order valence-corrected chi connectivity index (χ1v) is 5.00. The van der Waals surface area contributed by atoms with E-state index >= 15 is 0 Å². The minimum atomic E-state index is -4.64. The highest BCUT2D eigenvalue weighted by molar-refractivity contribution is 7.45. The van der Waals surface area contributed by atoms with Gasteiger partial charge in [-0.05, 0) is 13.0 Å². The van der Waals surface area contributed by atoms with Gasteiger partial charge in [0.15, 0.2) is 0 Å². The summed E-state index contributed by atoms with van der Waals surface area (Å²) in [5, 5.41) is 0. The van der Waals surface area contributed by atoms with Crippen LogP contribution >= 0.6 is 7.82 Å². The molecule has 0 radical (unpaired) electrons. The van der Waals surface area contributed by atoms with E-state index < -0.39 is 7.82 Å². The lowest BCUT2D eigenvalue weighted by Gasteiger charge is -1.89. The van der Waals surface area contributed by atoms with E-state index in [-0.39, 0.29) is 0 Å². The van der Waals surface area contributed by atoms with Gasteiger partial charge in [-0.15, -0.1) is 0 Å². The van der Waals surface area contributed by atoms with Crippen LogP contribution in [0.4, 0.5) is 0 Å². The van der Waals surface area contributed by atoms with Crippen LogP contribution in [0.15, 0.2) is 0 Å². The zero-order valence-electron chi connectivity index (χ0n) is 6.47. The smallest absolute Gasteiger partial charge is 0.303 e. The highest BCUT2D eigenvalue weighted by Crippen LogP contribution is 2.25. The molecule has 0 saturated carbocycles. The Morgan fingerprint density at radius 3 is 1.82 bits per heavy atom. The van der Waals surface area contributed by atoms with E-state index in [9.17, 15) is 0 Å². The molecule has 0 unspecified atom stereocenters. The highest BCUT2D eigenvalue weighted by Gasteiger charge is 2.13. The van der Waals surface area contributed by atoms with Crippen LogP contribution in [-0.4, -0.2) is 39.2 Å². The average Bonchev–Trinajstić information content (AvgIpc) is 2.45. The average molecular weight is 183 g/mol. The molecule has 5 nitrogen and oxygen atoms in total. The normalized spacial score (nSPS) is 17.1. The van der Waals surface area contributed by atoms with Gasteiger partial charge in [-0.2, -0.15) is 0 Å². The second-order valence-corrected chi connectivity index (χ2v) is 3.38. The minimum Gasteiger partial charge on any atom is -0.303 e. The predicted octanol–water partition coefficient (Wildman–Crippen LogP) is -0.217. The summed E-state index contributed by atoms with van der Waals surface area (Å²) < 4.78 is 8.88. The van der Waals surface area contributed by atoms with E-state index in [1.165, 1.54) is 26.1 Å². The maximum atomic E-state index is 8.88. The number of nitrogens with zero attached hydrogens (tertiary/aromatic N) is 1.